The number of nitrogens with zero attached hydrogens (tertiary/aromatic N) is 1. The van der Waals surface area contributed by atoms with E-state index < -0.39 is 0 Å². The SMILES string of the molecule is CCOc1ccccc1NCC(=O)NCCN1CCOCC1. The van der Waals surface area contributed by atoms with Crippen LogP contribution in [0.1, 0.15) is 6.92 Å². The van der Waals surface area contributed by atoms with Crippen molar-refractivity contribution in [2.75, 3.05) is 57.9 Å². The third kappa shape index (κ3) is 5.54. The van der Waals surface area contributed by atoms with E-state index in [2.05, 4.69) is 15.5 Å². The lowest BCUT2D eigenvalue weighted by Crippen LogP contribution is -2.42. The summed E-state index contributed by atoms with van der Waals surface area (Å²) < 4.78 is 10.8. The summed E-state index contributed by atoms with van der Waals surface area (Å²) >= 11 is 0. The summed E-state index contributed by atoms with van der Waals surface area (Å²) in [6, 6.07) is 7.63. The second-order valence-electron chi connectivity index (χ2n) is 5.09. The van der Waals surface area contributed by atoms with Crippen LogP contribution in [0.25, 0.3) is 0 Å². The molecule has 1 aromatic rings. The molecule has 1 aliphatic heterocycles. The second-order valence-corrected chi connectivity index (χ2v) is 5.09. The van der Waals surface area contributed by atoms with Crippen molar-refractivity contribution in [2.24, 2.45) is 0 Å². The number of anilines is 1. The summed E-state index contributed by atoms with van der Waals surface area (Å²) in [4.78, 5) is 14.2. The number of hydrogen-bond acceptors (Lipinski definition) is 5. The minimum atomic E-state index is -0.0143. The topological polar surface area (TPSA) is 62.8 Å². The van der Waals surface area contributed by atoms with Crippen LogP contribution in [-0.2, 0) is 9.53 Å². The summed E-state index contributed by atoms with van der Waals surface area (Å²) in [5, 5.41) is 6.04. The van der Waals surface area contributed by atoms with Crippen molar-refractivity contribution in [3.8, 4) is 5.75 Å². The first kappa shape index (κ1) is 16.6. The zero-order valence-corrected chi connectivity index (χ0v) is 13.1. The average Bonchev–Trinajstić information content (AvgIpc) is 2.55. The predicted octanol–water partition coefficient (Wildman–Crippen LogP) is 0.946. The van der Waals surface area contributed by atoms with E-state index in [0.717, 1.165) is 44.3 Å². The van der Waals surface area contributed by atoms with Gasteiger partial charge in [-0.15, -0.1) is 0 Å². The first-order chi connectivity index (χ1) is 10.8. The monoisotopic (exact) mass is 307 g/mol. The number of carbonyl (C=O) groups excluding carboxylic acids is 1. The summed E-state index contributed by atoms with van der Waals surface area (Å²) in [6.07, 6.45) is 0. The Morgan fingerprint density at radius 1 is 1.32 bits per heavy atom. The van der Waals surface area contributed by atoms with Gasteiger partial charge in [-0.1, -0.05) is 12.1 Å². The van der Waals surface area contributed by atoms with Crippen LogP contribution in [0.3, 0.4) is 0 Å². The van der Waals surface area contributed by atoms with Crippen LogP contribution in [0.5, 0.6) is 5.75 Å². The van der Waals surface area contributed by atoms with Crippen LogP contribution >= 0.6 is 0 Å². The highest BCUT2D eigenvalue weighted by Crippen LogP contribution is 2.23. The van der Waals surface area contributed by atoms with Crippen LogP contribution in [0.2, 0.25) is 0 Å². The normalized spacial score (nSPS) is 15.3. The Balaban J connectivity index is 1.67. The van der Waals surface area contributed by atoms with Gasteiger partial charge in [-0.2, -0.15) is 0 Å². The Morgan fingerprint density at radius 3 is 2.86 bits per heavy atom. The van der Waals surface area contributed by atoms with Gasteiger partial charge < -0.3 is 20.1 Å². The van der Waals surface area contributed by atoms with Crippen molar-refractivity contribution >= 4 is 11.6 Å². The molecular formula is C16H25N3O3. The van der Waals surface area contributed by atoms with E-state index in [0.29, 0.717) is 13.2 Å². The molecule has 0 aromatic heterocycles. The third-order valence-electron chi connectivity index (χ3n) is 3.48. The van der Waals surface area contributed by atoms with Gasteiger partial charge in [0, 0.05) is 26.2 Å². The van der Waals surface area contributed by atoms with Crippen LogP contribution in [0.15, 0.2) is 24.3 Å². The fourth-order valence-corrected chi connectivity index (χ4v) is 2.31. The number of nitrogens with one attached hydrogen (secondary N) is 2. The number of ether oxygens (including phenoxy) is 2. The quantitative estimate of drug-likeness (QED) is 0.748. The van der Waals surface area contributed by atoms with E-state index in [1.807, 2.05) is 31.2 Å². The molecule has 6 heteroatoms. The van der Waals surface area contributed by atoms with Crippen molar-refractivity contribution in [3.05, 3.63) is 24.3 Å². The molecule has 0 spiro atoms. The van der Waals surface area contributed by atoms with Gasteiger partial charge in [-0.25, -0.2) is 0 Å². The molecule has 1 heterocycles. The molecule has 1 amide bonds. The van der Waals surface area contributed by atoms with Crippen molar-refractivity contribution in [3.63, 3.8) is 0 Å². The Morgan fingerprint density at radius 2 is 2.09 bits per heavy atom. The Bertz CT molecular complexity index is 462. The van der Waals surface area contributed by atoms with Gasteiger partial charge in [-0.3, -0.25) is 9.69 Å². The number of hydrogen-bond donors (Lipinski definition) is 2. The molecule has 1 saturated heterocycles. The van der Waals surface area contributed by atoms with Crippen molar-refractivity contribution < 1.29 is 14.3 Å². The van der Waals surface area contributed by atoms with Gasteiger partial charge in [0.2, 0.25) is 5.91 Å². The second kappa shape index (κ2) is 9.27. The van der Waals surface area contributed by atoms with E-state index in [-0.39, 0.29) is 12.5 Å². The first-order valence-corrected chi connectivity index (χ1v) is 7.82. The average molecular weight is 307 g/mol. The summed E-state index contributed by atoms with van der Waals surface area (Å²) in [5.74, 6) is 0.755. The van der Waals surface area contributed by atoms with Crippen LogP contribution in [-0.4, -0.2) is 63.4 Å². The van der Waals surface area contributed by atoms with Gasteiger partial charge in [0.15, 0.2) is 0 Å². The van der Waals surface area contributed by atoms with Gasteiger partial charge in [0.05, 0.1) is 32.1 Å². The van der Waals surface area contributed by atoms with Gasteiger partial charge in [0.1, 0.15) is 5.75 Å². The molecule has 6 nitrogen and oxygen atoms in total. The molecule has 0 saturated carbocycles. The molecule has 22 heavy (non-hydrogen) atoms. The van der Waals surface area contributed by atoms with Crippen LogP contribution < -0.4 is 15.4 Å². The van der Waals surface area contributed by atoms with E-state index in [4.69, 9.17) is 9.47 Å². The van der Waals surface area contributed by atoms with Gasteiger partial charge in [0.25, 0.3) is 0 Å². The molecule has 122 valence electrons. The molecule has 1 aliphatic rings. The molecule has 0 aliphatic carbocycles. The lowest BCUT2D eigenvalue weighted by atomic mass is 10.3. The zero-order chi connectivity index (χ0) is 15.6. The first-order valence-electron chi connectivity index (χ1n) is 7.82. The van der Waals surface area contributed by atoms with Crippen molar-refractivity contribution in [1.82, 2.24) is 10.2 Å². The molecule has 0 unspecified atom stereocenters. The minimum Gasteiger partial charge on any atom is -0.492 e. The molecule has 2 N–H and O–H groups in total. The van der Waals surface area contributed by atoms with Crippen LogP contribution in [0, 0.1) is 0 Å². The van der Waals surface area contributed by atoms with E-state index in [1.165, 1.54) is 0 Å². The predicted molar refractivity (Wildman–Crippen MR) is 86.4 cm³/mol. The highest BCUT2D eigenvalue weighted by atomic mass is 16.5. The maximum absolute atomic E-state index is 11.9. The summed E-state index contributed by atoms with van der Waals surface area (Å²) in [6.45, 7) is 7.75. The summed E-state index contributed by atoms with van der Waals surface area (Å²) in [7, 11) is 0. The number of morpholine rings is 1. The number of rotatable bonds is 8. The number of benzene rings is 1. The molecule has 0 atom stereocenters. The highest BCUT2D eigenvalue weighted by Gasteiger charge is 2.10. The van der Waals surface area contributed by atoms with E-state index in [1.54, 1.807) is 0 Å². The largest absolute Gasteiger partial charge is 0.492 e. The zero-order valence-electron chi connectivity index (χ0n) is 13.1. The number of para-hydroxylation sites is 2. The Kier molecular flexibility index (Phi) is 6.99. The number of carbonyl (C=O) groups is 1. The van der Waals surface area contributed by atoms with Crippen molar-refractivity contribution in [1.29, 1.82) is 0 Å². The van der Waals surface area contributed by atoms with E-state index >= 15 is 0 Å². The van der Waals surface area contributed by atoms with Crippen LogP contribution in [0.4, 0.5) is 5.69 Å². The smallest absolute Gasteiger partial charge is 0.239 e. The molecule has 0 radical (unpaired) electrons. The minimum absolute atomic E-state index is 0.0143. The molecule has 1 fully saturated rings. The lowest BCUT2D eigenvalue weighted by molar-refractivity contribution is -0.119. The Labute approximate surface area is 131 Å². The van der Waals surface area contributed by atoms with Gasteiger partial charge >= 0.3 is 0 Å². The Hall–Kier alpha value is -1.79. The fourth-order valence-electron chi connectivity index (χ4n) is 2.31. The standard InChI is InChI=1S/C16H25N3O3/c1-2-22-15-6-4-3-5-14(15)18-13-16(20)17-7-8-19-9-11-21-12-10-19/h3-6,18H,2,7-13H2,1H3,(H,17,20). The highest BCUT2D eigenvalue weighted by molar-refractivity contribution is 5.81. The fraction of sp³-hybridized carbons (Fsp3) is 0.562. The lowest BCUT2D eigenvalue weighted by Gasteiger charge is -2.26. The van der Waals surface area contributed by atoms with Crippen molar-refractivity contribution in [2.45, 2.75) is 6.92 Å². The maximum atomic E-state index is 11.9. The van der Waals surface area contributed by atoms with E-state index in [9.17, 15) is 4.79 Å². The van der Waals surface area contributed by atoms with Gasteiger partial charge in [-0.05, 0) is 19.1 Å². The molecule has 1 aromatic carbocycles. The molecule has 2 rings (SSSR count). The summed E-state index contributed by atoms with van der Waals surface area (Å²) in [5.41, 5.74) is 0.840. The third-order valence-corrected chi connectivity index (χ3v) is 3.48. The number of amides is 1. The molecular weight excluding hydrogens is 282 g/mol. The maximum Gasteiger partial charge on any atom is 0.239 e. The molecule has 0 bridgehead atoms.